The summed E-state index contributed by atoms with van der Waals surface area (Å²) in [6.07, 6.45) is 0.453. The molecule has 1 N–H and O–H groups in total. The van der Waals surface area contributed by atoms with Crippen LogP contribution >= 0.6 is 0 Å². The fourth-order valence-corrected chi connectivity index (χ4v) is 1.71. The molecule has 21 heavy (non-hydrogen) atoms. The molecule has 0 heterocycles. The van der Waals surface area contributed by atoms with Crippen molar-refractivity contribution >= 4 is 0 Å². The Labute approximate surface area is 126 Å². The summed E-state index contributed by atoms with van der Waals surface area (Å²) in [6, 6.07) is 7.81. The second kappa shape index (κ2) is 10.0. The Morgan fingerprint density at radius 2 is 2.14 bits per heavy atom. The molecule has 1 aromatic carbocycles. The highest BCUT2D eigenvalue weighted by molar-refractivity contribution is 5.41. The van der Waals surface area contributed by atoms with Crippen molar-refractivity contribution in [3.8, 4) is 17.6 Å². The molecular formula is C16H24N2O3. The smallest absolute Gasteiger partial charge is 0.181 e. The number of benzene rings is 1. The van der Waals surface area contributed by atoms with Gasteiger partial charge in [-0.05, 0) is 19.4 Å². The molecule has 1 rings (SSSR count). The average Bonchev–Trinajstić information content (AvgIpc) is 2.50. The highest BCUT2D eigenvalue weighted by atomic mass is 16.5. The molecule has 1 unspecified atom stereocenters. The van der Waals surface area contributed by atoms with Crippen molar-refractivity contribution in [3.63, 3.8) is 0 Å². The van der Waals surface area contributed by atoms with Gasteiger partial charge in [-0.1, -0.05) is 13.0 Å². The quantitative estimate of drug-likeness (QED) is 0.671. The molecule has 0 fully saturated rings. The van der Waals surface area contributed by atoms with E-state index in [0.717, 1.165) is 24.3 Å². The van der Waals surface area contributed by atoms with Crippen LogP contribution in [0.1, 0.15) is 25.8 Å². The van der Waals surface area contributed by atoms with Gasteiger partial charge in [0, 0.05) is 31.8 Å². The first kappa shape index (κ1) is 17.3. The Bertz CT molecular complexity index is 457. The molecule has 0 bridgehead atoms. The van der Waals surface area contributed by atoms with Crippen LogP contribution in [0.15, 0.2) is 18.2 Å². The second-order valence-electron chi connectivity index (χ2n) is 4.68. The van der Waals surface area contributed by atoms with E-state index in [9.17, 15) is 0 Å². The first-order valence-electron chi connectivity index (χ1n) is 7.22. The fourth-order valence-electron chi connectivity index (χ4n) is 1.71. The van der Waals surface area contributed by atoms with Crippen LogP contribution in [0.25, 0.3) is 0 Å². The van der Waals surface area contributed by atoms with E-state index in [-0.39, 0.29) is 0 Å². The number of methoxy groups -OCH3 is 1. The Hall–Kier alpha value is -1.77. The van der Waals surface area contributed by atoms with Crippen molar-refractivity contribution in [1.82, 2.24) is 5.32 Å². The number of nitriles is 1. The summed E-state index contributed by atoms with van der Waals surface area (Å²) in [4.78, 5) is 0. The zero-order valence-electron chi connectivity index (χ0n) is 13.0. The average molecular weight is 292 g/mol. The van der Waals surface area contributed by atoms with Gasteiger partial charge in [0.2, 0.25) is 0 Å². The summed E-state index contributed by atoms with van der Waals surface area (Å²) >= 11 is 0. The Morgan fingerprint density at radius 3 is 2.81 bits per heavy atom. The summed E-state index contributed by atoms with van der Waals surface area (Å²) < 4.78 is 16.3. The lowest BCUT2D eigenvalue weighted by atomic mass is 10.2. The third kappa shape index (κ3) is 6.48. The zero-order chi connectivity index (χ0) is 15.5. The topological polar surface area (TPSA) is 63.5 Å². The maximum absolute atomic E-state index is 8.91. The first-order chi connectivity index (χ1) is 10.2. The van der Waals surface area contributed by atoms with Crippen LogP contribution < -0.4 is 14.8 Å². The molecule has 1 aromatic rings. The van der Waals surface area contributed by atoms with E-state index in [1.165, 1.54) is 0 Å². The molecule has 5 heteroatoms. The van der Waals surface area contributed by atoms with E-state index in [4.69, 9.17) is 19.5 Å². The monoisotopic (exact) mass is 292 g/mol. The lowest BCUT2D eigenvalue weighted by Crippen LogP contribution is -2.19. The molecule has 0 spiro atoms. The summed E-state index contributed by atoms with van der Waals surface area (Å²) in [7, 11) is 1.67. The fraction of sp³-hybridized carbons (Fsp3) is 0.562. The van der Waals surface area contributed by atoms with E-state index in [1.54, 1.807) is 14.0 Å². The van der Waals surface area contributed by atoms with Gasteiger partial charge in [-0.15, -0.1) is 0 Å². The van der Waals surface area contributed by atoms with E-state index in [2.05, 4.69) is 18.3 Å². The molecule has 0 aliphatic rings. The zero-order valence-corrected chi connectivity index (χ0v) is 13.0. The van der Waals surface area contributed by atoms with Gasteiger partial charge in [0.1, 0.15) is 17.6 Å². The molecule has 1 atom stereocenters. The minimum absolute atomic E-state index is 0.496. The van der Waals surface area contributed by atoms with Gasteiger partial charge in [-0.2, -0.15) is 5.26 Å². The maximum Gasteiger partial charge on any atom is 0.181 e. The molecule has 116 valence electrons. The predicted octanol–water partition coefficient (Wildman–Crippen LogP) is 2.50. The lowest BCUT2D eigenvalue weighted by Gasteiger charge is -2.15. The normalized spacial score (nSPS) is 11.7. The van der Waals surface area contributed by atoms with Crippen molar-refractivity contribution < 1.29 is 14.2 Å². The molecule has 0 aliphatic carbocycles. The van der Waals surface area contributed by atoms with Crippen LogP contribution in [-0.4, -0.2) is 33.0 Å². The molecule has 5 nitrogen and oxygen atoms in total. The number of rotatable bonds is 10. The minimum Gasteiger partial charge on any atom is -0.493 e. The van der Waals surface area contributed by atoms with Crippen molar-refractivity contribution in [2.45, 2.75) is 32.9 Å². The van der Waals surface area contributed by atoms with Crippen LogP contribution in [0.2, 0.25) is 0 Å². The molecule has 0 saturated carbocycles. The third-order valence-electron chi connectivity index (χ3n) is 2.80. The molecule has 0 saturated heterocycles. The number of hydrogen-bond acceptors (Lipinski definition) is 5. The Balaban J connectivity index is 2.76. The lowest BCUT2D eigenvalue weighted by molar-refractivity contribution is 0.199. The molecular weight excluding hydrogens is 268 g/mol. The van der Waals surface area contributed by atoms with Gasteiger partial charge < -0.3 is 19.5 Å². The van der Waals surface area contributed by atoms with Gasteiger partial charge in [0.15, 0.2) is 6.10 Å². The van der Waals surface area contributed by atoms with Crippen LogP contribution in [0.3, 0.4) is 0 Å². The minimum atomic E-state index is -0.496. The summed E-state index contributed by atoms with van der Waals surface area (Å²) in [5.41, 5.74) is 0.997. The van der Waals surface area contributed by atoms with E-state index in [1.807, 2.05) is 18.2 Å². The van der Waals surface area contributed by atoms with Crippen molar-refractivity contribution in [1.29, 1.82) is 5.26 Å². The summed E-state index contributed by atoms with van der Waals surface area (Å²) in [5.74, 6) is 1.44. The summed E-state index contributed by atoms with van der Waals surface area (Å²) in [6.45, 7) is 6.52. The second-order valence-corrected chi connectivity index (χ2v) is 4.68. The number of hydrogen-bond donors (Lipinski definition) is 1. The van der Waals surface area contributed by atoms with E-state index >= 15 is 0 Å². The number of nitrogens with one attached hydrogen (secondary N) is 1. The third-order valence-corrected chi connectivity index (χ3v) is 2.80. The largest absolute Gasteiger partial charge is 0.493 e. The van der Waals surface area contributed by atoms with Gasteiger partial charge >= 0.3 is 0 Å². The molecule has 0 amide bonds. The van der Waals surface area contributed by atoms with Gasteiger partial charge in [0.05, 0.1) is 13.2 Å². The van der Waals surface area contributed by atoms with Crippen molar-refractivity contribution in [3.05, 3.63) is 23.8 Å². The Morgan fingerprint density at radius 1 is 1.33 bits per heavy atom. The Kier molecular flexibility index (Phi) is 8.25. The van der Waals surface area contributed by atoms with Crippen LogP contribution in [0.5, 0.6) is 11.5 Å². The highest BCUT2D eigenvalue weighted by Crippen LogP contribution is 2.26. The van der Waals surface area contributed by atoms with Crippen LogP contribution in [0.4, 0.5) is 0 Å². The maximum atomic E-state index is 8.91. The molecule has 0 aromatic heterocycles. The highest BCUT2D eigenvalue weighted by Gasteiger charge is 2.09. The molecule has 0 aliphatic heterocycles. The standard InChI is InChI=1S/C16H24N2O3/c1-4-8-20-15-6-5-14(12-18-7-9-19-3)16(10-15)21-13(2)11-17/h5-6,10,13,18H,4,7-9,12H2,1-3H3. The van der Waals surface area contributed by atoms with Crippen LogP contribution in [-0.2, 0) is 11.3 Å². The van der Waals surface area contributed by atoms with Crippen molar-refractivity contribution in [2.24, 2.45) is 0 Å². The SMILES string of the molecule is CCCOc1ccc(CNCCOC)c(OC(C)C#N)c1. The van der Waals surface area contributed by atoms with Crippen LogP contribution in [0, 0.1) is 11.3 Å². The van der Waals surface area contributed by atoms with Gasteiger partial charge in [-0.3, -0.25) is 0 Å². The van der Waals surface area contributed by atoms with Gasteiger partial charge in [0.25, 0.3) is 0 Å². The predicted molar refractivity (Wildman–Crippen MR) is 81.5 cm³/mol. The first-order valence-corrected chi connectivity index (χ1v) is 7.22. The molecule has 0 radical (unpaired) electrons. The number of nitrogens with zero attached hydrogens (tertiary/aromatic N) is 1. The van der Waals surface area contributed by atoms with Gasteiger partial charge in [-0.25, -0.2) is 0 Å². The summed E-state index contributed by atoms with van der Waals surface area (Å²) in [5, 5.41) is 12.2. The van der Waals surface area contributed by atoms with E-state index < -0.39 is 6.10 Å². The number of ether oxygens (including phenoxy) is 3. The van der Waals surface area contributed by atoms with Crippen molar-refractivity contribution in [2.75, 3.05) is 26.9 Å². The van der Waals surface area contributed by atoms with E-state index in [0.29, 0.717) is 25.5 Å².